The predicted octanol–water partition coefficient (Wildman–Crippen LogP) is 3.99. The maximum absolute atomic E-state index is 11.5. The molecule has 0 atom stereocenters. The average Bonchev–Trinajstić information content (AvgIpc) is 2.69. The zero-order valence-corrected chi connectivity index (χ0v) is 14.5. The lowest BCUT2D eigenvalue weighted by atomic mass is 10.3. The molecule has 0 aliphatic carbocycles. The molecule has 27 heavy (non-hydrogen) atoms. The van der Waals surface area contributed by atoms with Gasteiger partial charge in [-0.05, 0) is 48.5 Å². The molecule has 0 fully saturated rings. The first-order valence-electron chi connectivity index (χ1n) is 7.74. The highest BCUT2D eigenvalue weighted by atomic mass is 16.6. The number of nitrogens with zero attached hydrogens (tertiary/aromatic N) is 3. The van der Waals surface area contributed by atoms with Gasteiger partial charge in [0, 0.05) is 0 Å². The Labute approximate surface area is 154 Å². The maximum Gasteiger partial charge on any atom is 0.393 e. The summed E-state index contributed by atoms with van der Waals surface area (Å²) in [6.07, 6.45) is 1.13. The number of hydrogen-bond acceptors (Lipinski definition) is 8. The summed E-state index contributed by atoms with van der Waals surface area (Å²) in [5.74, 6) is 1.50. The van der Waals surface area contributed by atoms with Gasteiger partial charge in [0.25, 0.3) is 0 Å². The second-order valence-electron chi connectivity index (χ2n) is 5.14. The molecule has 0 bridgehead atoms. The Morgan fingerprint density at radius 1 is 0.741 bits per heavy atom. The van der Waals surface area contributed by atoms with Gasteiger partial charge in [-0.25, -0.2) is 0 Å². The molecule has 0 aliphatic rings. The van der Waals surface area contributed by atoms with Gasteiger partial charge < -0.3 is 18.9 Å². The lowest BCUT2D eigenvalue weighted by Crippen LogP contribution is -2.01. The Hall–Kier alpha value is -3.88. The molecule has 9 nitrogen and oxygen atoms in total. The van der Waals surface area contributed by atoms with Crippen molar-refractivity contribution < 1.29 is 23.9 Å². The lowest BCUT2D eigenvalue weighted by Gasteiger charge is -2.09. The van der Waals surface area contributed by atoms with E-state index in [2.05, 4.69) is 9.97 Å². The molecule has 2 aromatic carbocycles. The van der Waals surface area contributed by atoms with Crippen LogP contribution >= 0.6 is 0 Å². The quantitative estimate of drug-likeness (QED) is 0.455. The van der Waals surface area contributed by atoms with Gasteiger partial charge in [-0.15, -0.1) is 0 Å². The smallest absolute Gasteiger partial charge is 0.393 e. The molecule has 0 aliphatic heterocycles. The Kier molecular flexibility index (Phi) is 5.31. The molecule has 0 unspecified atom stereocenters. The van der Waals surface area contributed by atoms with Crippen LogP contribution in [0.1, 0.15) is 0 Å². The Balaban J connectivity index is 1.90. The summed E-state index contributed by atoms with van der Waals surface area (Å²) in [6.45, 7) is 0. The van der Waals surface area contributed by atoms with Crippen molar-refractivity contribution in [2.24, 2.45) is 0 Å². The number of hydrogen-bond donors (Lipinski definition) is 0. The van der Waals surface area contributed by atoms with E-state index in [1.807, 2.05) is 0 Å². The molecule has 0 saturated carbocycles. The number of rotatable bonds is 7. The van der Waals surface area contributed by atoms with Crippen molar-refractivity contribution in [3.05, 3.63) is 65.0 Å². The molecule has 0 amide bonds. The van der Waals surface area contributed by atoms with Crippen LogP contribution in [0.3, 0.4) is 0 Å². The fraction of sp³-hybridized carbons (Fsp3) is 0.111. The van der Waals surface area contributed by atoms with Crippen LogP contribution in [0.2, 0.25) is 0 Å². The fourth-order valence-electron chi connectivity index (χ4n) is 2.16. The monoisotopic (exact) mass is 369 g/mol. The van der Waals surface area contributed by atoms with E-state index in [9.17, 15) is 10.1 Å². The largest absolute Gasteiger partial charge is 0.497 e. The molecule has 0 N–H and O–H groups in total. The van der Waals surface area contributed by atoms with E-state index in [1.54, 1.807) is 48.5 Å². The molecule has 3 aromatic rings. The van der Waals surface area contributed by atoms with Gasteiger partial charge in [-0.3, -0.25) is 10.1 Å². The highest BCUT2D eigenvalue weighted by molar-refractivity contribution is 5.52. The zero-order valence-electron chi connectivity index (χ0n) is 14.5. The summed E-state index contributed by atoms with van der Waals surface area (Å²) >= 11 is 0. The van der Waals surface area contributed by atoms with Gasteiger partial charge in [-0.2, -0.15) is 9.97 Å². The van der Waals surface area contributed by atoms with Crippen LogP contribution in [0.15, 0.2) is 54.9 Å². The average molecular weight is 369 g/mol. The van der Waals surface area contributed by atoms with Crippen LogP contribution in [0.25, 0.3) is 0 Å². The molecule has 0 spiro atoms. The third-order valence-electron chi connectivity index (χ3n) is 3.49. The minimum atomic E-state index is -0.655. The van der Waals surface area contributed by atoms with Crippen LogP contribution in [0, 0.1) is 10.1 Å². The molecule has 0 saturated heterocycles. The van der Waals surface area contributed by atoms with Gasteiger partial charge in [0.2, 0.25) is 0 Å². The molecule has 1 aromatic heterocycles. The minimum absolute atomic E-state index is 0.233. The summed E-state index contributed by atoms with van der Waals surface area (Å²) < 4.78 is 21.2. The third-order valence-corrected chi connectivity index (χ3v) is 3.49. The van der Waals surface area contributed by atoms with Gasteiger partial charge in [0.1, 0.15) is 29.3 Å². The standard InChI is InChI=1S/C18H15N3O6/c1-24-12-3-7-14(8-4-12)26-17-16(21(22)23)18(20-11-19-17)27-15-9-5-13(25-2)6-10-15/h3-11H,1-2H3. The lowest BCUT2D eigenvalue weighted by molar-refractivity contribution is -0.387. The van der Waals surface area contributed by atoms with Crippen LogP contribution < -0.4 is 18.9 Å². The van der Waals surface area contributed by atoms with E-state index in [-0.39, 0.29) is 11.8 Å². The van der Waals surface area contributed by atoms with Crippen molar-refractivity contribution in [1.82, 2.24) is 9.97 Å². The summed E-state index contributed by atoms with van der Waals surface area (Å²) in [5, 5.41) is 11.5. The molecular formula is C18H15N3O6. The number of benzene rings is 2. The molecule has 0 radical (unpaired) electrons. The number of aromatic nitrogens is 2. The van der Waals surface area contributed by atoms with E-state index in [4.69, 9.17) is 18.9 Å². The number of ether oxygens (including phenoxy) is 4. The second-order valence-corrected chi connectivity index (χ2v) is 5.14. The zero-order chi connectivity index (χ0) is 19.2. The summed E-state index contributed by atoms with van der Waals surface area (Å²) in [5.41, 5.74) is -0.482. The predicted molar refractivity (Wildman–Crippen MR) is 94.8 cm³/mol. The molecule has 1 heterocycles. The Morgan fingerprint density at radius 2 is 1.11 bits per heavy atom. The van der Waals surface area contributed by atoms with Crippen molar-refractivity contribution in [2.75, 3.05) is 14.2 Å². The topological polar surface area (TPSA) is 106 Å². The fourth-order valence-corrected chi connectivity index (χ4v) is 2.16. The second kappa shape index (κ2) is 8.00. The third kappa shape index (κ3) is 4.21. The molecule has 9 heteroatoms. The van der Waals surface area contributed by atoms with Gasteiger partial charge >= 0.3 is 17.4 Å². The van der Waals surface area contributed by atoms with Crippen LogP contribution in [-0.2, 0) is 0 Å². The summed E-state index contributed by atoms with van der Waals surface area (Å²) in [7, 11) is 3.07. The highest BCUT2D eigenvalue weighted by Gasteiger charge is 2.27. The van der Waals surface area contributed by atoms with E-state index in [1.165, 1.54) is 14.2 Å². The van der Waals surface area contributed by atoms with Gasteiger partial charge in [-0.1, -0.05) is 0 Å². The van der Waals surface area contributed by atoms with Crippen molar-refractivity contribution in [3.63, 3.8) is 0 Å². The van der Waals surface area contributed by atoms with E-state index in [0.29, 0.717) is 23.0 Å². The SMILES string of the molecule is COc1ccc(Oc2ncnc(Oc3ccc(OC)cc3)c2[N+](=O)[O-])cc1. The number of nitro groups is 1. The summed E-state index contributed by atoms with van der Waals surface area (Å²) in [6, 6.07) is 13.1. The highest BCUT2D eigenvalue weighted by Crippen LogP contribution is 2.38. The number of methoxy groups -OCH3 is 2. The van der Waals surface area contributed by atoms with E-state index >= 15 is 0 Å². The first-order chi connectivity index (χ1) is 13.1. The van der Waals surface area contributed by atoms with E-state index in [0.717, 1.165) is 6.33 Å². The first kappa shape index (κ1) is 17.9. The van der Waals surface area contributed by atoms with Gasteiger partial charge in [0.05, 0.1) is 19.1 Å². The van der Waals surface area contributed by atoms with Crippen LogP contribution in [-0.4, -0.2) is 29.1 Å². The first-order valence-corrected chi connectivity index (χ1v) is 7.74. The Morgan fingerprint density at radius 3 is 1.44 bits per heavy atom. The van der Waals surface area contributed by atoms with E-state index < -0.39 is 10.6 Å². The Bertz CT molecular complexity index is 861. The van der Waals surface area contributed by atoms with Crippen LogP contribution in [0.5, 0.6) is 34.8 Å². The van der Waals surface area contributed by atoms with Crippen LogP contribution in [0.4, 0.5) is 5.69 Å². The normalized spacial score (nSPS) is 10.1. The van der Waals surface area contributed by atoms with Crippen molar-refractivity contribution >= 4 is 5.69 Å². The minimum Gasteiger partial charge on any atom is -0.497 e. The molecular weight excluding hydrogens is 354 g/mol. The van der Waals surface area contributed by atoms with Crippen molar-refractivity contribution in [2.45, 2.75) is 0 Å². The molecule has 3 rings (SSSR count). The molecule has 138 valence electrons. The van der Waals surface area contributed by atoms with Crippen molar-refractivity contribution in [1.29, 1.82) is 0 Å². The summed E-state index contributed by atoms with van der Waals surface area (Å²) in [4.78, 5) is 18.6. The van der Waals surface area contributed by atoms with Crippen molar-refractivity contribution in [3.8, 4) is 34.8 Å². The van der Waals surface area contributed by atoms with Gasteiger partial charge in [0.15, 0.2) is 0 Å². The maximum atomic E-state index is 11.5.